The van der Waals surface area contributed by atoms with Gasteiger partial charge in [-0.15, -0.1) is 21.8 Å². The van der Waals surface area contributed by atoms with Crippen LogP contribution in [0.15, 0.2) is 62.2 Å². The Hall–Kier alpha value is -4.55. The van der Waals surface area contributed by atoms with E-state index in [2.05, 4.69) is 25.6 Å². The van der Waals surface area contributed by atoms with Crippen molar-refractivity contribution in [3.8, 4) is 22.5 Å². The molecule has 0 fully saturated rings. The van der Waals surface area contributed by atoms with E-state index in [1.54, 1.807) is 18.4 Å². The molecular formula is C29H29ClN6O6. The van der Waals surface area contributed by atoms with Crippen molar-refractivity contribution in [3.63, 3.8) is 0 Å². The quantitative estimate of drug-likeness (QED) is 0.164. The lowest BCUT2D eigenvalue weighted by Crippen LogP contribution is -2.23. The molecule has 2 N–H and O–H groups in total. The summed E-state index contributed by atoms with van der Waals surface area (Å²) in [6.45, 7) is 5.04. The van der Waals surface area contributed by atoms with Crippen molar-refractivity contribution >= 4 is 17.6 Å². The number of aromatic amines is 1. The van der Waals surface area contributed by atoms with Gasteiger partial charge in [0.15, 0.2) is 23.8 Å². The van der Waals surface area contributed by atoms with Gasteiger partial charge in [-0.3, -0.25) is 0 Å². The number of hydrogen-bond donors (Lipinski definition) is 2. The summed E-state index contributed by atoms with van der Waals surface area (Å²) in [6.07, 6.45) is 1.33. The van der Waals surface area contributed by atoms with Gasteiger partial charge in [-0.1, -0.05) is 55.5 Å². The van der Waals surface area contributed by atoms with Gasteiger partial charge in [0, 0.05) is 18.5 Å². The van der Waals surface area contributed by atoms with E-state index in [-0.39, 0.29) is 35.4 Å². The first-order valence-corrected chi connectivity index (χ1v) is 13.8. The number of imidazole rings is 1. The average molecular weight is 593 g/mol. The van der Waals surface area contributed by atoms with Crippen LogP contribution in [0, 0.1) is 0 Å². The van der Waals surface area contributed by atoms with Crippen molar-refractivity contribution in [2.24, 2.45) is 0 Å². The number of nitrogens with zero attached hydrogens (tertiary/aromatic N) is 5. The molecule has 0 amide bonds. The highest BCUT2D eigenvalue weighted by atomic mass is 35.5. The molecule has 5 aromatic rings. The van der Waals surface area contributed by atoms with Crippen LogP contribution in [0.4, 0.5) is 0 Å². The van der Waals surface area contributed by atoms with Crippen LogP contribution >= 0.6 is 11.6 Å². The van der Waals surface area contributed by atoms with Crippen LogP contribution in [0.2, 0.25) is 0 Å². The Labute approximate surface area is 245 Å². The van der Waals surface area contributed by atoms with Crippen molar-refractivity contribution in [2.45, 2.75) is 58.2 Å². The van der Waals surface area contributed by atoms with Crippen molar-refractivity contribution < 1.29 is 23.5 Å². The van der Waals surface area contributed by atoms with Gasteiger partial charge < -0.3 is 23.2 Å². The molecule has 2 aromatic carbocycles. The Morgan fingerprint density at radius 3 is 2.45 bits per heavy atom. The summed E-state index contributed by atoms with van der Waals surface area (Å²) in [4.78, 5) is 29.7. The maximum absolute atomic E-state index is 13.5. The Kier molecular flexibility index (Phi) is 8.36. The summed E-state index contributed by atoms with van der Waals surface area (Å²) < 4.78 is 17.1. The number of aryl methyl sites for hydroxylation is 1. The number of H-pyrrole nitrogens is 1. The van der Waals surface area contributed by atoms with Gasteiger partial charge in [0.05, 0.1) is 5.88 Å². The minimum atomic E-state index is -1.44. The summed E-state index contributed by atoms with van der Waals surface area (Å²) in [7, 11) is 0. The zero-order valence-corrected chi connectivity index (χ0v) is 24.0. The lowest BCUT2D eigenvalue weighted by molar-refractivity contribution is 0.0395. The number of benzene rings is 2. The number of aromatic nitrogens is 6. The minimum absolute atomic E-state index is 0.0182. The van der Waals surface area contributed by atoms with Gasteiger partial charge in [0.1, 0.15) is 17.1 Å². The molecule has 0 spiro atoms. The Balaban J connectivity index is 1.48. The van der Waals surface area contributed by atoms with Crippen molar-refractivity contribution in [2.75, 3.05) is 0 Å². The van der Waals surface area contributed by atoms with E-state index < -0.39 is 17.4 Å². The molecule has 3 aromatic heterocycles. The van der Waals surface area contributed by atoms with Gasteiger partial charge in [-0.25, -0.2) is 14.6 Å². The zero-order chi connectivity index (χ0) is 29.9. The van der Waals surface area contributed by atoms with Crippen LogP contribution in [0.3, 0.4) is 0 Å². The van der Waals surface area contributed by atoms with Gasteiger partial charge in [0.2, 0.25) is 5.82 Å². The van der Waals surface area contributed by atoms with Crippen molar-refractivity contribution in [1.82, 2.24) is 30.2 Å². The number of aliphatic hydroxyl groups is 1. The fourth-order valence-electron chi connectivity index (χ4n) is 4.64. The summed E-state index contributed by atoms with van der Waals surface area (Å²) in [5.74, 6) is -0.578. The Morgan fingerprint density at radius 1 is 1.10 bits per heavy atom. The van der Waals surface area contributed by atoms with E-state index in [1.165, 1.54) is 0 Å². The summed E-state index contributed by atoms with van der Waals surface area (Å²) >= 11 is 5.81. The van der Waals surface area contributed by atoms with Crippen LogP contribution in [0.25, 0.3) is 22.5 Å². The third-order valence-corrected chi connectivity index (χ3v) is 6.83. The molecule has 0 bridgehead atoms. The van der Waals surface area contributed by atoms with E-state index >= 15 is 0 Å². The van der Waals surface area contributed by atoms with Gasteiger partial charge in [-0.2, -0.15) is 5.21 Å². The monoisotopic (exact) mass is 592 g/mol. The van der Waals surface area contributed by atoms with Crippen LogP contribution in [0.5, 0.6) is 0 Å². The maximum Gasteiger partial charge on any atom is 0.519 e. The Morgan fingerprint density at radius 2 is 1.81 bits per heavy atom. The molecule has 0 unspecified atom stereocenters. The van der Waals surface area contributed by atoms with Gasteiger partial charge in [0.25, 0.3) is 0 Å². The second kappa shape index (κ2) is 12.1. The largest absolute Gasteiger partial charge is 0.519 e. The normalized spacial score (nSPS) is 11.6. The maximum atomic E-state index is 13.5. The number of ether oxygens (including phenoxy) is 1. The number of alkyl halides is 1. The number of nitrogens with one attached hydrogen (secondary N) is 1. The number of carbonyl (C=O) groups excluding carboxylic acids is 1. The zero-order valence-electron chi connectivity index (χ0n) is 23.3. The second-order valence-corrected chi connectivity index (χ2v) is 10.4. The molecule has 13 heteroatoms. The molecule has 5 rings (SSSR count). The number of carbonyl (C=O) groups is 1. The molecule has 0 atom stereocenters. The molecule has 0 aliphatic rings. The lowest BCUT2D eigenvalue weighted by atomic mass is 9.98. The fraction of sp³-hybridized carbons (Fsp3) is 0.310. The van der Waals surface area contributed by atoms with E-state index in [0.29, 0.717) is 24.6 Å². The number of hydrogen-bond acceptors (Lipinski definition) is 10. The lowest BCUT2D eigenvalue weighted by Gasteiger charge is -2.18. The van der Waals surface area contributed by atoms with Crippen LogP contribution in [-0.4, -0.2) is 41.3 Å². The predicted octanol–water partition coefficient (Wildman–Crippen LogP) is 4.60. The molecule has 0 saturated carbocycles. The van der Waals surface area contributed by atoms with E-state index in [4.69, 9.17) is 25.2 Å². The fourth-order valence-corrected chi connectivity index (χ4v) is 4.85. The highest BCUT2D eigenvalue weighted by Gasteiger charge is 2.33. The molecule has 0 saturated heterocycles. The van der Waals surface area contributed by atoms with Crippen LogP contribution in [-0.2, 0) is 35.8 Å². The van der Waals surface area contributed by atoms with E-state index in [9.17, 15) is 14.7 Å². The molecule has 0 radical (unpaired) electrons. The number of halogens is 1. The summed E-state index contributed by atoms with van der Waals surface area (Å²) in [5, 5.41) is 25.3. The first-order chi connectivity index (χ1) is 20.2. The topological polar surface area (TPSA) is 162 Å². The Bertz CT molecular complexity index is 1730. The smallest absolute Gasteiger partial charge is 0.453 e. The van der Waals surface area contributed by atoms with Crippen LogP contribution in [0.1, 0.15) is 66.3 Å². The van der Waals surface area contributed by atoms with E-state index in [1.807, 2.05) is 55.5 Å². The predicted molar refractivity (Wildman–Crippen MR) is 152 cm³/mol. The molecule has 0 aliphatic carbocycles. The molecule has 0 aliphatic heterocycles. The second-order valence-electron chi connectivity index (χ2n) is 10.1. The summed E-state index contributed by atoms with van der Waals surface area (Å²) in [6, 6.07) is 15.6. The first-order valence-electron chi connectivity index (χ1n) is 13.3. The third-order valence-electron chi connectivity index (χ3n) is 6.59. The molecule has 3 heterocycles. The molecule has 42 heavy (non-hydrogen) atoms. The molecular weight excluding hydrogens is 564 g/mol. The average Bonchev–Trinajstić information content (AvgIpc) is 3.72. The van der Waals surface area contributed by atoms with Gasteiger partial charge >= 0.3 is 11.8 Å². The number of rotatable bonds is 11. The highest BCUT2D eigenvalue weighted by molar-refractivity contribution is 6.16. The van der Waals surface area contributed by atoms with Crippen molar-refractivity contribution in [3.05, 3.63) is 93.4 Å². The number of tetrazole rings is 1. The SMILES string of the molecule is CCCc1nc(C(C)(C)O)c(C(=O)OCc2oc(=O)oc2CCl)n1Cc1ccc(-c2ccccc2-c2nn[nH]n2)cc1. The number of esters is 1. The van der Waals surface area contributed by atoms with Crippen LogP contribution < -0.4 is 5.82 Å². The highest BCUT2D eigenvalue weighted by Crippen LogP contribution is 2.31. The molecule has 12 nitrogen and oxygen atoms in total. The minimum Gasteiger partial charge on any atom is -0.453 e. The summed E-state index contributed by atoms with van der Waals surface area (Å²) in [5.41, 5.74) is 2.48. The van der Waals surface area contributed by atoms with Gasteiger partial charge in [-0.05, 0) is 42.2 Å². The van der Waals surface area contributed by atoms with E-state index in [0.717, 1.165) is 28.7 Å². The third kappa shape index (κ3) is 6.04. The van der Waals surface area contributed by atoms with Crippen molar-refractivity contribution in [1.29, 1.82) is 0 Å². The first kappa shape index (κ1) is 29.0. The molecule has 218 valence electrons. The standard InChI is InChI=1S/C29H29ClN6O6/c1-4-7-23-31-25(29(2,3)39)24(27(37)40-16-22-21(14-30)41-28(38)42-22)36(23)15-17-10-12-18(13-11-17)19-8-5-6-9-20(19)26-32-34-35-33-26/h5-6,8-13,39H,4,7,14-16H2,1-3H3,(H,32,33,34,35).